The highest BCUT2D eigenvalue weighted by Gasteiger charge is 2.11. The minimum Gasteiger partial charge on any atom is -0.508 e. The number of hydrogen-bond acceptors (Lipinski definition) is 2. The second kappa shape index (κ2) is 6.06. The minimum atomic E-state index is -0.272. The van der Waals surface area contributed by atoms with Crippen LogP contribution in [0.3, 0.4) is 0 Å². The highest BCUT2D eigenvalue weighted by Crippen LogP contribution is 2.29. The van der Waals surface area contributed by atoms with Crippen molar-refractivity contribution in [1.29, 1.82) is 0 Å². The zero-order valence-electron chi connectivity index (χ0n) is 10.5. The molecule has 0 saturated carbocycles. The highest BCUT2D eigenvalue weighted by atomic mass is 79.9. The third-order valence-electron chi connectivity index (χ3n) is 2.96. The molecule has 0 saturated heterocycles. The number of benzene rings is 2. The molecule has 0 amide bonds. The van der Waals surface area contributed by atoms with Crippen LogP contribution in [-0.2, 0) is 0 Å². The Morgan fingerprint density at radius 3 is 2.53 bits per heavy atom. The summed E-state index contributed by atoms with van der Waals surface area (Å²) in [6, 6.07) is 11.7. The van der Waals surface area contributed by atoms with Crippen LogP contribution < -0.4 is 5.32 Å². The van der Waals surface area contributed by atoms with E-state index in [9.17, 15) is 9.50 Å². The Kier molecular flexibility index (Phi) is 4.43. The van der Waals surface area contributed by atoms with Crippen molar-refractivity contribution in [3.05, 3.63) is 58.3 Å². The van der Waals surface area contributed by atoms with Gasteiger partial charge in [0.2, 0.25) is 0 Å². The van der Waals surface area contributed by atoms with Gasteiger partial charge in [0.05, 0.1) is 11.7 Å². The molecular formula is C15H15BrFNO. The van der Waals surface area contributed by atoms with Crippen molar-refractivity contribution in [1.82, 2.24) is 0 Å². The Bertz CT molecular complexity index is 557. The van der Waals surface area contributed by atoms with E-state index >= 15 is 0 Å². The van der Waals surface area contributed by atoms with Crippen LogP contribution in [0.4, 0.5) is 10.1 Å². The molecule has 2 aromatic rings. The van der Waals surface area contributed by atoms with E-state index in [4.69, 9.17) is 0 Å². The van der Waals surface area contributed by atoms with Crippen molar-refractivity contribution in [3.63, 3.8) is 0 Å². The fraction of sp³-hybridized carbons (Fsp3) is 0.200. The molecule has 2 rings (SSSR count). The molecule has 0 spiro atoms. The highest BCUT2D eigenvalue weighted by molar-refractivity contribution is 9.10. The molecule has 19 heavy (non-hydrogen) atoms. The summed E-state index contributed by atoms with van der Waals surface area (Å²) in [7, 11) is 0. The van der Waals surface area contributed by atoms with Gasteiger partial charge in [0.15, 0.2) is 0 Å². The summed E-state index contributed by atoms with van der Waals surface area (Å²) in [5.74, 6) is -0.0307. The largest absolute Gasteiger partial charge is 0.508 e. The first-order valence-corrected chi connectivity index (χ1v) is 6.90. The van der Waals surface area contributed by atoms with E-state index in [0.717, 1.165) is 22.1 Å². The lowest BCUT2D eigenvalue weighted by molar-refractivity contribution is 0.475. The number of halogens is 2. The van der Waals surface area contributed by atoms with Gasteiger partial charge in [-0.25, -0.2) is 4.39 Å². The molecule has 100 valence electrons. The Morgan fingerprint density at radius 2 is 1.89 bits per heavy atom. The molecule has 0 heterocycles. The molecule has 0 bridgehead atoms. The van der Waals surface area contributed by atoms with Crippen LogP contribution >= 0.6 is 15.9 Å². The van der Waals surface area contributed by atoms with Crippen LogP contribution in [-0.4, -0.2) is 5.11 Å². The lowest BCUT2D eigenvalue weighted by Gasteiger charge is -2.20. The fourth-order valence-corrected chi connectivity index (χ4v) is 2.28. The lowest BCUT2D eigenvalue weighted by atomic mass is 10.0. The molecule has 1 unspecified atom stereocenters. The van der Waals surface area contributed by atoms with E-state index in [-0.39, 0.29) is 17.6 Å². The summed E-state index contributed by atoms with van der Waals surface area (Å²) < 4.78 is 14.1. The summed E-state index contributed by atoms with van der Waals surface area (Å²) >= 11 is 3.40. The number of anilines is 1. The van der Waals surface area contributed by atoms with E-state index in [1.54, 1.807) is 18.2 Å². The van der Waals surface area contributed by atoms with Crippen molar-refractivity contribution in [2.24, 2.45) is 0 Å². The number of nitrogens with one attached hydrogen (secondary N) is 1. The van der Waals surface area contributed by atoms with Gasteiger partial charge in [-0.2, -0.15) is 0 Å². The second-order valence-electron chi connectivity index (χ2n) is 4.32. The Morgan fingerprint density at radius 1 is 1.21 bits per heavy atom. The van der Waals surface area contributed by atoms with Crippen LogP contribution in [0.1, 0.15) is 24.9 Å². The second-order valence-corrected chi connectivity index (χ2v) is 5.18. The van der Waals surface area contributed by atoms with Gasteiger partial charge in [0.1, 0.15) is 11.6 Å². The molecule has 2 N–H and O–H groups in total. The number of rotatable bonds is 4. The van der Waals surface area contributed by atoms with E-state index in [1.165, 1.54) is 12.1 Å². The van der Waals surface area contributed by atoms with Gasteiger partial charge >= 0.3 is 0 Å². The van der Waals surface area contributed by atoms with Crippen molar-refractivity contribution in [2.75, 3.05) is 5.32 Å². The first-order chi connectivity index (χ1) is 9.10. The van der Waals surface area contributed by atoms with Crippen LogP contribution in [0.15, 0.2) is 46.9 Å². The zero-order valence-corrected chi connectivity index (χ0v) is 12.1. The van der Waals surface area contributed by atoms with Crippen LogP contribution in [0.2, 0.25) is 0 Å². The lowest BCUT2D eigenvalue weighted by Crippen LogP contribution is -2.10. The Balaban J connectivity index is 2.23. The van der Waals surface area contributed by atoms with Gasteiger partial charge in [0, 0.05) is 4.47 Å². The molecular weight excluding hydrogens is 309 g/mol. The first-order valence-electron chi connectivity index (χ1n) is 6.10. The maximum atomic E-state index is 13.3. The Hall–Kier alpha value is -1.55. The van der Waals surface area contributed by atoms with Gasteiger partial charge < -0.3 is 10.4 Å². The molecule has 1 atom stereocenters. The van der Waals surface area contributed by atoms with Gasteiger partial charge in [-0.15, -0.1) is 0 Å². The van der Waals surface area contributed by atoms with Crippen LogP contribution in [0.5, 0.6) is 5.75 Å². The topological polar surface area (TPSA) is 32.3 Å². The quantitative estimate of drug-likeness (QED) is 0.842. The third-order valence-corrected chi connectivity index (χ3v) is 3.65. The normalized spacial score (nSPS) is 12.2. The predicted molar refractivity (Wildman–Crippen MR) is 78.9 cm³/mol. The zero-order chi connectivity index (χ0) is 13.8. The minimum absolute atomic E-state index is 0.0682. The first kappa shape index (κ1) is 13.9. The molecule has 2 nitrogen and oxygen atoms in total. The van der Waals surface area contributed by atoms with Gasteiger partial charge in [-0.05, 0) is 58.2 Å². The van der Waals surface area contributed by atoms with Crippen LogP contribution in [0.25, 0.3) is 0 Å². The monoisotopic (exact) mass is 323 g/mol. The van der Waals surface area contributed by atoms with Crippen molar-refractivity contribution in [2.45, 2.75) is 19.4 Å². The molecule has 0 aliphatic carbocycles. The fourth-order valence-electron chi connectivity index (χ4n) is 1.92. The standard InChI is InChI=1S/C15H15BrFNO/c1-2-14(10-3-6-12(19)7-4-10)18-15-9-11(17)5-8-13(15)16/h3-9,14,18-19H,2H2,1H3. The molecule has 4 heteroatoms. The van der Waals surface area contributed by atoms with Gasteiger partial charge in [0.25, 0.3) is 0 Å². The molecule has 2 aromatic carbocycles. The average Bonchev–Trinajstić information content (AvgIpc) is 2.41. The molecule has 0 radical (unpaired) electrons. The summed E-state index contributed by atoms with van der Waals surface area (Å²) in [4.78, 5) is 0. The molecule has 0 fully saturated rings. The number of phenolic OH excluding ortho intramolecular Hbond substituents is 1. The summed E-state index contributed by atoms with van der Waals surface area (Å²) in [5, 5.41) is 12.6. The van der Waals surface area contributed by atoms with E-state index < -0.39 is 0 Å². The van der Waals surface area contributed by atoms with Crippen molar-refractivity contribution >= 4 is 21.6 Å². The predicted octanol–water partition coefficient (Wildman–Crippen LogP) is 4.86. The average molecular weight is 324 g/mol. The van der Waals surface area contributed by atoms with E-state index in [1.807, 2.05) is 12.1 Å². The van der Waals surface area contributed by atoms with Gasteiger partial charge in [-0.1, -0.05) is 19.1 Å². The molecule has 0 aliphatic heterocycles. The number of phenols is 1. The maximum absolute atomic E-state index is 13.3. The molecule has 0 aromatic heterocycles. The maximum Gasteiger partial charge on any atom is 0.125 e. The summed E-state index contributed by atoms with van der Waals surface area (Å²) in [6.07, 6.45) is 0.855. The van der Waals surface area contributed by atoms with Crippen molar-refractivity contribution in [3.8, 4) is 5.75 Å². The van der Waals surface area contributed by atoms with Crippen molar-refractivity contribution < 1.29 is 9.50 Å². The summed E-state index contributed by atoms with van der Waals surface area (Å²) in [5.41, 5.74) is 1.77. The van der Waals surface area contributed by atoms with Crippen LogP contribution in [0, 0.1) is 5.82 Å². The smallest absolute Gasteiger partial charge is 0.125 e. The number of aromatic hydroxyl groups is 1. The SMILES string of the molecule is CCC(Nc1cc(F)ccc1Br)c1ccc(O)cc1. The molecule has 0 aliphatic rings. The third kappa shape index (κ3) is 3.47. The number of hydrogen-bond donors (Lipinski definition) is 2. The van der Waals surface area contributed by atoms with E-state index in [0.29, 0.717) is 0 Å². The Labute approximate surface area is 120 Å². The van der Waals surface area contributed by atoms with E-state index in [2.05, 4.69) is 28.2 Å². The summed E-state index contributed by atoms with van der Waals surface area (Å²) in [6.45, 7) is 2.05. The van der Waals surface area contributed by atoms with Gasteiger partial charge in [-0.3, -0.25) is 0 Å².